The predicted octanol–water partition coefficient (Wildman–Crippen LogP) is -0.231. The molecule has 1 saturated carbocycles. The van der Waals surface area contributed by atoms with Gasteiger partial charge in [-0.2, -0.15) is 5.10 Å². The second-order valence-electron chi connectivity index (χ2n) is 8.98. The lowest BCUT2D eigenvalue weighted by molar-refractivity contribution is -0.954. The fraction of sp³-hybridized carbons (Fsp3) is 0.565. The largest absolute Gasteiger partial charge is 0.330 e. The van der Waals surface area contributed by atoms with Crippen molar-refractivity contribution in [2.45, 2.75) is 31.6 Å². The van der Waals surface area contributed by atoms with E-state index in [1.807, 2.05) is 46.0 Å². The van der Waals surface area contributed by atoms with Crippen LogP contribution in [0.3, 0.4) is 0 Å². The number of piperazine rings is 1. The Kier molecular flexibility index (Phi) is 5.38. The van der Waals surface area contributed by atoms with E-state index in [2.05, 4.69) is 0 Å². The van der Waals surface area contributed by atoms with Gasteiger partial charge >= 0.3 is 0 Å². The Hall–Kier alpha value is -2.18. The van der Waals surface area contributed by atoms with Crippen molar-refractivity contribution in [2.24, 2.45) is 0 Å². The summed E-state index contributed by atoms with van der Waals surface area (Å²) in [6.45, 7) is 9.06. The number of hydrogen-bond donors (Lipinski definition) is 2. The lowest BCUT2D eigenvalue weighted by Crippen LogP contribution is -3.21. The second kappa shape index (κ2) is 8.28. The Morgan fingerprint density at radius 1 is 0.966 bits per heavy atom. The number of carbonyl (C=O) groups is 1. The van der Waals surface area contributed by atoms with E-state index in [4.69, 9.17) is 5.10 Å². The Balaban J connectivity index is 1.25. The average molecular weight is 396 g/mol. The third-order valence-electron chi connectivity index (χ3n) is 6.84. The summed E-state index contributed by atoms with van der Waals surface area (Å²) in [4.78, 5) is 18.8. The normalized spacial score (nSPS) is 21.0. The SMILES string of the molecule is O=C(c1cc(C2CC2)nn1-c1ccccc1)N1CC[NH+](CC[NH+]2CCCC2)CC1. The summed E-state index contributed by atoms with van der Waals surface area (Å²) in [6.07, 6.45) is 5.18. The molecule has 0 spiro atoms. The first-order chi connectivity index (χ1) is 14.3. The smallest absolute Gasteiger partial charge is 0.273 e. The summed E-state index contributed by atoms with van der Waals surface area (Å²) < 4.78 is 1.87. The molecule has 3 fully saturated rings. The van der Waals surface area contributed by atoms with Gasteiger partial charge in [0.15, 0.2) is 0 Å². The summed E-state index contributed by atoms with van der Waals surface area (Å²) in [5, 5.41) is 4.81. The lowest BCUT2D eigenvalue weighted by atomic mass is 10.2. The fourth-order valence-corrected chi connectivity index (χ4v) is 4.81. The van der Waals surface area contributed by atoms with Crippen LogP contribution >= 0.6 is 0 Å². The van der Waals surface area contributed by atoms with Crippen LogP contribution in [0, 0.1) is 0 Å². The molecule has 1 aromatic carbocycles. The van der Waals surface area contributed by atoms with Crippen LogP contribution in [0.2, 0.25) is 0 Å². The van der Waals surface area contributed by atoms with E-state index < -0.39 is 0 Å². The van der Waals surface area contributed by atoms with E-state index in [1.165, 1.54) is 51.9 Å². The second-order valence-corrected chi connectivity index (χ2v) is 8.98. The van der Waals surface area contributed by atoms with Crippen LogP contribution in [-0.2, 0) is 0 Å². The first kappa shape index (κ1) is 18.8. The number of hydrogen-bond acceptors (Lipinski definition) is 2. The number of nitrogens with one attached hydrogen (secondary N) is 2. The molecule has 0 atom stereocenters. The van der Waals surface area contributed by atoms with Gasteiger partial charge in [-0.25, -0.2) is 4.68 Å². The quantitative estimate of drug-likeness (QED) is 0.710. The van der Waals surface area contributed by atoms with E-state index in [9.17, 15) is 4.79 Å². The maximum absolute atomic E-state index is 13.4. The van der Waals surface area contributed by atoms with Gasteiger partial charge in [-0.15, -0.1) is 0 Å². The van der Waals surface area contributed by atoms with Crippen molar-refractivity contribution in [1.29, 1.82) is 0 Å². The molecule has 5 rings (SSSR count). The Morgan fingerprint density at radius 3 is 2.28 bits per heavy atom. The predicted molar refractivity (Wildman–Crippen MR) is 112 cm³/mol. The average Bonchev–Trinajstić information content (AvgIpc) is 3.31. The molecule has 3 aliphatic rings. The van der Waals surface area contributed by atoms with Gasteiger partial charge in [-0.05, 0) is 31.0 Å². The van der Waals surface area contributed by atoms with Crippen LogP contribution < -0.4 is 9.80 Å². The van der Waals surface area contributed by atoms with Crippen LogP contribution in [0.1, 0.15) is 47.8 Å². The minimum atomic E-state index is 0.137. The maximum Gasteiger partial charge on any atom is 0.273 e. The summed E-state index contributed by atoms with van der Waals surface area (Å²) in [5.41, 5.74) is 2.78. The Bertz CT molecular complexity index is 830. The van der Waals surface area contributed by atoms with Crippen molar-refractivity contribution in [3.8, 4) is 5.69 Å². The Labute approximate surface area is 173 Å². The molecule has 6 heteroatoms. The van der Waals surface area contributed by atoms with Crippen molar-refractivity contribution in [3.05, 3.63) is 47.8 Å². The van der Waals surface area contributed by atoms with Gasteiger partial charge in [-0.3, -0.25) is 4.79 Å². The third kappa shape index (κ3) is 4.23. The molecule has 2 saturated heterocycles. The van der Waals surface area contributed by atoms with Gasteiger partial charge < -0.3 is 14.7 Å². The van der Waals surface area contributed by atoms with Crippen molar-refractivity contribution in [2.75, 3.05) is 52.4 Å². The van der Waals surface area contributed by atoms with Crippen LogP contribution in [0.15, 0.2) is 36.4 Å². The van der Waals surface area contributed by atoms with Crippen LogP contribution in [0.5, 0.6) is 0 Å². The number of para-hydroxylation sites is 1. The van der Waals surface area contributed by atoms with Gasteiger partial charge in [0.1, 0.15) is 18.8 Å². The number of amides is 1. The standard InChI is InChI=1S/C23H31N5O/c29-23(27-16-14-26(15-17-27)13-12-25-10-4-5-11-25)22-18-21(19-8-9-19)24-28(22)20-6-2-1-3-7-20/h1-3,6-7,18-19H,4-5,8-17H2/p+2. The zero-order valence-corrected chi connectivity index (χ0v) is 17.3. The molecule has 0 unspecified atom stereocenters. The van der Waals surface area contributed by atoms with Gasteiger partial charge in [0.05, 0.1) is 50.6 Å². The molecular weight excluding hydrogens is 362 g/mol. The molecule has 1 aliphatic carbocycles. The molecule has 1 amide bonds. The summed E-state index contributed by atoms with van der Waals surface area (Å²) in [6, 6.07) is 12.1. The van der Waals surface area contributed by atoms with Gasteiger partial charge in [0.25, 0.3) is 5.91 Å². The number of benzene rings is 1. The number of quaternary nitrogens is 2. The highest BCUT2D eigenvalue weighted by molar-refractivity contribution is 5.93. The molecule has 2 N–H and O–H groups in total. The van der Waals surface area contributed by atoms with Crippen molar-refractivity contribution in [1.82, 2.24) is 14.7 Å². The van der Waals surface area contributed by atoms with E-state index in [1.54, 1.807) is 9.80 Å². The molecular formula is C23H33N5O+2. The number of likely N-dealkylation sites (tertiary alicyclic amines) is 1. The van der Waals surface area contributed by atoms with E-state index >= 15 is 0 Å². The van der Waals surface area contributed by atoms with E-state index in [0.29, 0.717) is 5.92 Å². The topological polar surface area (TPSA) is 47.0 Å². The first-order valence-corrected chi connectivity index (χ1v) is 11.4. The minimum absolute atomic E-state index is 0.137. The van der Waals surface area contributed by atoms with Crippen LogP contribution in [0.25, 0.3) is 5.69 Å². The molecule has 0 radical (unpaired) electrons. The molecule has 29 heavy (non-hydrogen) atoms. The molecule has 154 valence electrons. The zero-order valence-electron chi connectivity index (χ0n) is 17.3. The fourth-order valence-electron chi connectivity index (χ4n) is 4.81. The Morgan fingerprint density at radius 2 is 1.62 bits per heavy atom. The van der Waals surface area contributed by atoms with Gasteiger partial charge in [0.2, 0.25) is 0 Å². The zero-order chi connectivity index (χ0) is 19.6. The molecule has 0 bridgehead atoms. The number of carbonyl (C=O) groups excluding carboxylic acids is 1. The molecule has 2 aromatic rings. The van der Waals surface area contributed by atoms with Crippen molar-refractivity contribution >= 4 is 5.91 Å². The monoisotopic (exact) mass is 395 g/mol. The maximum atomic E-state index is 13.4. The van der Waals surface area contributed by atoms with Gasteiger partial charge in [0, 0.05) is 18.8 Å². The van der Waals surface area contributed by atoms with Crippen molar-refractivity contribution < 1.29 is 14.6 Å². The number of aromatic nitrogens is 2. The first-order valence-electron chi connectivity index (χ1n) is 11.4. The van der Waals surface area contributed by atoms with E-state index in [0.717, 1.165) is 43.3 Å². The highest BCUT2D eigenvalue weighted by Gasteiger charge is 2.32. The highest BCUT2D eigenvalue weighted by atomic mass is 16.2. The highest BCUT2D eigenvalue weighted by Crippen LogP contribution is 2.39. The van der Waals surface area contributed by atoms with Crippen LogP contribution in [-0.4, -0.2) is 72.9 Å². The molecule has 6 nitrogen and oxygen atoms in total. The van der Waals surface area contributed by atoms with Crippen LogP contribution in [0.4, 0.5) is 0 Å². The summed E-state index contributed by atoms with van der Waals surface area (Å²) >= 11 is 0. The lowest BCUT2D eigenvalue weighted by Gasteiger charge is -2.32. The molecule has 1 aromatic heterocycles. The number of nitrogens with zero attached hydrogens (tertiary/aromatic N) is 3. The summed E-state index contributed by atoms with van der Waals surface area (Å²) in [7, 11) is 0. The van der Waals surface area contributed by atoms with Crippen molar-refractivity contribution in [3.63, 3.8) is 0 Å². The third-order valence-corrected chi connectivity index (χ3v) is 6.84. The minimum Gasteiger partial charge on any atom is -0.330 e. The molecule has 2 aliphatic heterocycles. The van der Waals surface area contributed by atoms with Gasteiger partial charge in [-0.1, -0.05) is 18.2 Å². The molecule has 3 heterocycles. The number of rotatable bonds is 6. The summed E-state index contributed by atoms with van der Waals surface area (Å²) in [5.74, 6) is 0.679. The van der Waals surface area contributed by atoms with E-state index in [-0.39, 0.29) is 5.91 Å².